The molecule has 0 aromatic carbocycles. The number of ether oxygens (including phenoxy) is 1. The molecule has 0 saturated heterocycles. The third kappa shape index (κ3) is 5.94. The van der Waals surface area contributed by atoms with Crippen LogP contribution in [0, 0.1) is 5.92 Å². The maximum absolute atomic E-state index is 11.6. The van der Waals surface area contributed by atoms with E-state index in [-0.39, 0.29) is 36.1 Å². The van der Waals surface area contributed by atoms with Crippen LogP contribution in [0.15, 0.2) is 0 Å². The largest absolute Gasteiger partial charge is 0.447 e. The molecule has 1 rings (SSSR count). The number of nitrogens with one attached hydrogen (secondary N) is 2. The second-order valence-corrected chi connectivity index (χ2v) is 5.81. The normalized spacial score (nSPS) is 23.3. The second kappa shape index (κ2) is 7.36. The van der Waals surface area contributed by atoms with Crippen LogP contribution < -0.4 is 10.6 Å². The first-order valence-electron chi connectivity index (χ1n) is 7.16. The third-order valence-electron chi connectivity index (χ3n) is 3.26. The van der Waals surface area contributed by atoms with Crippen LogP contribution in [0.2, 0.25) is 0 Å². The van der Waals surface area contributed by atoms with E-state index in [1.807, 2.05) is 27.7 Å². The molecule has 0 aromatic heterocycles. The molecule has 5 heteroatoms. The van der Waals surface area contributed by atoms with Gasteiger partial charge in [0.05, 0.1) is 6.10 Å². The molecule has 1 aliphatic rings. The molecule has 0 unspecified atom stereocenters. The summed E-state index contributed by atoms with van der Waals surface area (Å²) in [6.07, 6.45) is 3.15. The summed E-state index contributed by atoms with van der Waals surface area (Å²) in [6.45, 7) is 7.45. The minimum absolute atomic E-state index is 0.0249. The topological polar surface area (TPSA) is 67.4 Å². The SMILES string of the molecule is CC(C)OC(=O)NC1CCC(NC(=O)C(C)C)CC1. The summed E-state index contributed by atoms with van der Waals surface area (Å²) in [5, 5.41) is 5.91. The summed E-state index contributed by atoms with van der Waals surface area (Å²) in [4.78, 5) is 23.1. The van der Waals surface area contributed by atoms with Crippen molar-refractivity contribution in [2.24, 2.45) is 5.92 Å². The Hall–Kier alpha value is -1.26. The van der Waals surface area contributed by atoms with Crippen LogP contribution in [-0.4, -0.2) is 30.2 Å². The lowest BCUT2D eigenvalue weighted by atomic mass is 9.91. The van der Waals surface area contributed by atoms with Gasteiger partial charge in [0.25, 0.3) is 0 Å². The predicted octanol–water partition coefficient (Wildman–Crippen LogP) is 2.20. The molecule has 0 radical (unpaired) electrons. The fourth-order valence-electron chi connectivity index (χ4n) is 2.16. The minimum atomic E-state index is -0.343. The molecule has 1 aliphatic carbocycles. The van der Waals surface area contributed by atoms with Crippen molar-refractivity contribution < 1.29 is 14.3 Å². The highest BCUT2D eigenvalue weighted by atomic mass is 16.6. The van der Waals surface area contributed by atoms with Crippen LogP contribution in [0.3, 0.4) is 0 Å². The van der Waals surface area contributed by atoms with Crippen LogP contribution in [-0.2, 0) is 9.53 Å². The van der Waals surface area contributed by atoms with Crippen molar-refractivity contribution >= 4 is 12.0 Å². The van der Waals surface area contributed by atoms with Gasteiger partial charge in [0.15, 0.2) is 0 Å². The average Bonchev–Trinajstić information content (AvgIpc) is 2.30. The van der Waals surface area contributed by atoms with Gasteiger partial charge in [-0.2, -0.15) is 0 Å². The molecule has 0 bridgehead atoms. The summed E-state index contributed by atoms with van der Waals surface area (Å²) in [6, 6.07) is 0.410. The standard InChI is InChI=1S/C14H26N2O3/c1-9(2)13(17)15-11-5-7-12(8-6-11)16-14(18)19-10(3)4/h9-12H,5-8H2,1-4H3,(H,15,17)(H,16,18). The van der Waals surface area contributed by atoms with Gasteiger partial charge in [0.2, 0.25) is 5.91 Å². The highest BCUT2D eigenvalue weighted by Gasteiger charge is 2.24. The van der Waals surface area contributed by atoms with Crippen molar-refractivity contribution in [3.63, 3.8) is 0 Å². The van der Waals surface area contributed by atoms with Crippen molar-refractivity contribution in [3.8, 4) is 0 Å². The molecule has 0 atom stereocenters. The van der Waals surface area contributed by atoms with Crippen molar-refractivity contribution in [1.29, 1.82) is 0 Å². The van der Waals surface area contributed by atoms with Crippen LogP contribution in [0.4, 0.5) is 4.79 Å². The number of hydrogen-bond donors (Lipinski definition) is 2. The number of rotatable bonds is 4. The first-order valence-corrected chi connectivity index (χ1v) is 7.16. The van der Waals surface area contributed by atoms with E-state index in [1.165, 1.54) is 0 Å². The zero-order valence-corrected chi connectivity index (χ0v) is 12.4. The van der Waals surface area contributed by atoms with Gasteiger partial charge in [0.1, 0.15) is 0 Å². The van der Waals surface area contributed by atoms with E-state index in [0.717, 1.165) is 25.7 Å². The van der Waals surface area contributed by atoms with Gasteiger partial charge in [-0.15, -0.1) is 0 Å². The van der Waals surface area contributed by atoms with Crippen molar-refractivity contribution in [2.45, 2.75) is 71.6 Å². The summed E-state index contributed by atoms with van der Waals surface area (Å²) in [5.41, 5.74) is 0. The van der Waals surface area contributed by atoms with Crippen molar-refractivity contribution in [1.82, 2.24) is 10.6 Å². The van der Waals surface area contributed by atoms with Crippen LogP contribution in [0.5, 0.6) is 0 Å². The summed E-state index contributed by atoms with van der Waals surface area (Å²) >= 11 is 0. The Morgan fingerprint density at radius 2 is 1.42 bits per heavy atom. The van der Waals surface area contributed by atoms with Crippen LogP contribution in [0.25, 0.3) is 0 Å². The van der Waals surface area contributed by atoms with Gasteiger partial charge in [-0.1, -0.05) is 13.8 Å². The molecule has 0 heterocycles. The fraction of sp³-hybridized carbons (Fsp3) is 0.857. The summed E-state index contributed by atoms with van der Waals surface area (Å²) in [5.74, 6) is 0.132. The molecule has 0 aliphatic heterocycles. The first-order chi connectivity index (χ1) is 8.88. The van der Waals surface area contributed by atoms with Gasteiger partial charge in [-0.05, 0) is 39.5 Å². The lowest BCUT2D eigenvalue weighted by molar-refractivity contribution is -0.124. The summed E-state index contributed by atoms with van der Waals surface area (Å²) in [7, 11) is 0. The van der Waals surface area contributed by atoms with Crippen molar-refractivity contribution in [2.75, 3.05) is 0 Å². The molecule has 2 amide bonds. The first kappa shape index (κ1) is 15.8. The average molecular weight is 270 g/mol. The van der Waals surface area contributed by atoms with E-state index in [4.69, 9.17) is 4.74 Å². The summed E-state index contributed by atoms with van der Waals surface area (Å²) < 4.78 is 5.06. The maximum atomic E-state index is 11.6. The molecular formula is C14H26N2O3. The quantitative estimate of drug-likeness (QED) is 0.823. The Morgan fingerprint density at radius 1 is 0.947 bits per heavy atom. The van der Waals surface area contributed by atoms with Gasteiger partial charge in [-0.3, -0.25) is 4.79 Å². The van der Waals surface area contributed by atoms with E-state index in [2.05, 4.69) is 10.6 Å². The lowest BCUT2D eigenvalue weighted by Gasteiger charge is -2.30. The monoisotopic (exact) mass is 270 g/mol. The Balaban J connectivity index is 2.25. The molecule has 19 heavy (non-hydrogen) atoms. The Morgan fingerprint density at radius 3 is 1.84 bits per heavy atom. The van der Waals surface area contributed by atoms with Gasteiger partial charge < -0.3 is 15.4 Å². The Labute approximate surface area is 115 Å². The fourth-order valence-corrected chi connectivity index (χ4v) is 2.16. The second-order valence-electron chi connectivity index (χ2n) is 5.81. The Bertz CT molecular complexity index is 308. The van der Waals surface area contributed by atoms with E-state index in [9.17, 15) is 9.59 Å². The number of alkyl carbamates (subject to hydrolysis) is 1. The molecule has 110 valence electrons. The van der Waals surface area contributed by atoms with Gasteiger partial charge >= 0.3 is 6.09 Å². The number of carbonyl (C=O) groups is 2. The number of hydrogen-bond acceptors (Lipinski definition) is 3. The highest BCUT2D eigenvalue weighted by molar-refractivity contribution is 5.78. The molecule has 2 N–H and O–H groups in total. The van der Waals surface area contributed by atoms with E-state index >= 15 is 0 Å². The molecular weight excluding hydrogens is 244 g/mol. The number of amides is 2. The predicted molar refractivity (Wildman–Crippen MR) is 73.8 cm³/mol. The maximum Gasteiger partial charge on any atom is 0.407 e. The van der Waals surface area contributed by atoms with E-state index < -0.39 is 0 Å². The van der Waals surface area contributed by atoms with E-state index in [1.54, 1.807) is 0 Å². The number of carbonyl (C=O) groups excluding carboxylic acids is 2. The van der Waals surface area contributed by atoms with Gasteiger partial charge in [-0.25, -0.2) is 4.79 Å². The van der Waals surface area contributed by atoms with Crippen LogP contribution >= 0.6 is 0 Å². The molecule has 1 fully saturated rings. The zero-order chi connectivity index (χ0) is 14.4. The zero-order valence-electron chi connectivity index (χ0n) is 12.4. The van der Waals surface area contributed by atoms with Gasteiger partial charge in [0, 0.05) is 18.0 Å². The smallest absolute Gasteiger partial charge is 0.407 e. The van der Waals surface area contributed by atoms with E-state index in [0.29, 0.717) is 0 Å². The molecule has 0 spiro atoms. The minimum Gasteiger partial charge on any atom is -0.447 e. The molecule has 5 nitrogen and oxygen atoms in total. The molecule has 1 saturated carbocycles. The lowest BCUT2D eigenvalue weighted by Crippen LogP contribution is -2.45. The third-order valence-corrected chi connectivity index (χ3v) is 3.26. The highest BCUT2D eigenvalue weighted by Crippen LogP contribution is 2.19. The Kier molecular flexibility index (Phi) is 6.12. The van der Waals surface area contributed by atoms with Crippen LogP contribution in [0.1, 0.15) is 53.4 Å². The molecule has 0 aromatic rings. The van der Waals surface area contributed by atoms with Crippen molar-refractivity contribution in [3.05, 3.63) is 0 Å².